The average molecular weight is 408 g/mol. The fourth-order valence-electron chi connectivity index (χ4n) is 2.84. The summed E-state index contributed by atoms with van der Waals surface area (Å²) in [5.74, 6) is -0.983. The fourth-order valence-corrected chi connectivity index (χ4v) is 2.84. The minimum atomic E-state index is -0.751. The van der Waals surface area contributed by atoms with Gasteiger partial charge in [0.25, 0.3) is 16.8 Å². The summed E-state index contributed by atoms with van der Waals surface area (Å²) in [6, 6.07) is 11.1. The number of phenolic OH excluding ortho intramolecular Hbond substituents is 1. The number of aromatic hydroxyl groups is 1. The molecule has 9 heteroatoms. The molecule has 30 heavy (non-hydrogen) atoms. The van der Waals surface area contributed by atoms with E-state index < -0.39 is 16.8 Å². The molecule has 0 aliphatic heterocycles. The number of hydrogen-bond acceptors (Lipinski definition) is 7. The normalized spacial score (nSPS) is 10.5. The highest BCUT2D eigenvalue weighted by atomic mass is 16.3. The molecule has 3 rings (SSSR count). The van der Waals surface area contributed by atoms with Crippen LogP contribution in [-0.2, 0) is 4.79 Å². The maximum atomic E-state index is 12.2. The van der Waals surface area contributed by atoms with Gasteiger partial charge in [0.1, 0.15) is 11.4 Å². The number of rotatable bonds is 6. The van der Waals surface area contributed by atoms with Crippen LogP contribution in [0.4, 0.5) is 28.4 Å². The van der Waals surface area contributed by atoms with Gasteiger partial charge in [0.2, 0.25) is 5.91 Å². The zero-order valence-corrected chi connectivity index (χ0v) is 16.6. The lowest BCUT2D eigenvalue weighted by Gasteiger charge is -2.18. The molecule has 3 aromatic carbocycles. The number of nitrogens with one attached hydrogen (secondary N) is 3. The smallest absolute Gasteiger partial charge is 0.257 e. The first-order chi connectivity index (χ1) is 14.2. The monoisotopic (exact) mass is 408 g/mol. The molecule has 0 atom stereocenters. The second-order valence-electron chi connectivity index (χ2n) is 6.82. The van der Waals surface area contributed by atoms with E-state index in [0.717, 1.165) is 0 Å². The van der Waals surface area contributed by atoms with Gasteiger partial charge in [-0.3, -0.25) is 19.2 Å². The molecule has 0 unspecified atom stereocenters. The molecule has 0 saturated carbocycles. The van der Waals surface area contributed by atoms with Gasteiger partial charge in [-0.25, -0.2) is 0 Å². The SMILES string of the molecule is CC(=O)Nc1cccc(Nc2c(Nc3cccc(C(=O)N(C)C)c3O)c(=O)c2=O)c1. The van der Waals surface area contributed by atoms with Crippen molar-refractivity contribution in [1.29, 1.82) is 0 Å². The third-order valence-electron chi connectivity index (χ3n) is 4.29. The first kappa shape index (κ1) is 20.6. The predicted octanol–water partition coefficient (Wildman–Crippen LogP) is 2.14. The first-order valence-electron chi connectivity index (χ1n) is 8.97. The summed E-state index contributed by atoms with van der Waals surface area (Å²) in [5, 5.41) is 18.7. The minimum Gasteiger partial charge on any atom is -0.505 e. The number of carbonyl (C=O) groups is 2. The van der Waals surface area contributed by atoms with Crippen molar-refractivity contribution in [3.05, 3.63) is 68.5 Å². The van der Waals surface area contributed by atoms with E-state index in [9.17, 15) is 24.3 Å². The second-order valence-corrected chi connectivity index (χ2v) is 6.82. The average Bonchev–Trinajstić information content (AvgIpc) is 2.70. The van der Waals surface area contributed by atoms with Crippen LogP contribution in [0.25, 0.3) is 0 Å². The summed E-state index contributed by atoms with van der Waals surface area (Å²) in [5.41, 5.74) is -0.309. The van der Waals surface area contributed by atoms with E-state index in [-0.39, 0.29) is 34.3 Å². The van der Waals surface area contributed by atoms with E-state index in [2.05, 4.69) is 16.0 Å². The molecule has 0 saturated heterocycles. The highest BCUT2D eigenvalue weighted by Gasteiger charge is 2.23. The number of anilines is 5. The molecule has 0 aliphatic rings. The molecule has 0 aromatic heterocycles. The lowest BCUT2D eigenvalue weighted by Crippen LogP contribution is -2.35. The largest absolute Gasteiger partial charge is 0.505 e. The van der Waals surface area contributed by atoms with E-state index in [1.54, 1.807) is 44.4 Å². The number of para-hydroxylation sites is 1. The van der Waals surface area contributed by atoms with Crippen LogP contribution in [0.1, 0.15) is 17.3 Å². The van der Waals surface area contributed by atoms with E-state index >= 15 is 0 Å². The highest BCUT2D eigenvalue weighted by molar-refractivity contribution is 5.99. The summed E-state index contributed by atoms with van der Waals surface area (Å²) in [6.07, 6.45) is 0. The van der Waals surface area contributed by atoms with Gasteiger partial charge in [-0.2, -0.15) is 0 Å². The Balaban J connectivity index is 1.89. The van der Waals surface area contributed by atoms with Crippen LogP contribution in [0.2, 0.25) is 0 Å². The molecule has 0 radical (unpaired) electrons. The maximum Gasteiger partial charge on any atom is 0.257 e. The van der Waals surface area contributed by atoms with Crippen LogP contribution in [0, 0.1) is 0 Å². The molecule has 9 nitrogen and oxygen atoms in total. The van der Waals surface area contributed by atoms with Gasteiger partial charge in [-0.05, 0) is 30.3 Å². The Morgan fingerprint density at radius 2 is 1.50 bits per heavy atom. The van der Waals surface area contributed by atoms with Gasteiger partial charge in [0.15, 0.2) is 5.75 Å². The Hall–Kier alpha value is -4.14. The molecule has 154 valence electrons. The highest BCUT2D eigenvalue weighted by Crippen LogP contribution is 2.32. The number of amides is 2. The van der Waals surface area contributed by atoms with Gasteiger partial charge in [0, 0.05) is 32.4 Å². The van der Waals surface area contributed by atoms with E-state index in [1.165, 1.54) is 24.0 Å². The number of phenols is 1. The van der Waals surface area contributed by atoms with Crippen molar-refractivity contribution in [1.82, 2.24) is 4.90 Å². The van der Waals surface area contributed by atoms with E-state index in [1.807, 2.05) is 0 Å². The van der Waals surface area contributed by atoms with Crippen LogP contribution in [-0.4, -0.2) is 35.9 Å². The minimum absolute atomic E-state index is 0.0173. The standard InChI is InChI=1S/C21H20N4O5/c1-11(26)22-12-6-4-7-13(10-12)23-16-17(20(29)19(16)28)24-15-9-5-8-14(18(15)27)21(30)25(2)3/h4-10,23-24,27H,1-3H3,(H,22,26). The predicted molar refractivity (Wildman–Crippen MR) is 115 cm³/mol. The van der Waals surface area contributed by atoms with Crippen molar-refractivity contribution in [3.8, 4) is 5.75 Å². The van der Waals surface area contributed by atoms with Gasteiger partial charge in [-0.1, -0.05) is 12.1 Å². The first-order valence-corrected chi connectivity index (χ1v) is 8.97. The third-order valence-corrected chi connectivity index (χ3v) is 4.29. The zero-order chi connectivity index (χ0) is 22.0. The van der Waals surface area contributed by atoms with Crippen molar-refractivity contribution in [2.75, 3.05) is 30.0 Å². The summed E-state index contributed by atoms with van der Waals surface area (Å²) in [4.78, 5) is 48.9. The maximum absolute atomic E-state index is 12.2. The lowest BCUT2D eigenvalue weighted by molar-refractivity contribution is -0.114. The molecule has 2 amide bonds. The number of nitrogens with zero attached hydrogens (tertiary/aromatic N) is 1. The Kier molecular flexibility index (Phi) is 5.54. The second kappa shape index (κ2) is 8.08. The van der Waals surface area contributed by atoms with Crippen LogP contribution in [0.5, 0.6) is 5.75 Å². The number of hydrogen-bond donors (Lipinski definition) is 4. The summed E-state index contributed by atoms with van der Waals surface area (Å²) < 4.78 is 0. The van der Waals surface area contributed by atoms with Gasteiger partial charge in [-0.15, -0.1) is 0 Å². The Morgan fingerprint density at radius 3 is 2.13 bits per heavy atom. The fraction of sp³-hybridized carbons (Fsp3) is 0.143. The molecule has 0 bridgehead atoms. The molecular weight excluding hydrogens is 388 g/mol. The quantitative estimate of drug-likeness (QED) is 0.363. The molecule has 0 aliphatic carbocycles. The van der Waals surface area contributed by atoms with Crippen LogP contribution in [0.15, 0.2) is 52.1 Å². The number of carbonyl (C=O) groups excluding carboxylic acids is 2. The van der Waals surface area contributed by atoms with Crippen molar-refractivity contribution in [2.45, 2.75) is 6.92 Å². The van der Waals surface area contributed by atoms with Gasteiger partial charge in [0.05, 0.1) is 11.3 Å². The Morgan fingerprint density at radius 1 is 0.900 bits per heavy atom. The zero-order valence-electron chi connectivity index (χ0n) is 16.6. The van der Waals surface area contributed by atoms with Crippen LogP contribution < -0.4 is 26.8 Å². The molecule has 3 aromatic rings. The molecule has 0 fully saturated rings. The van der Waals surface area contributed by atoms with Crippen molar-refractivity contribution >= 4 is 40.3 Å². The molecule has 0 spiro atoms. The van der Waals surface area contributed by atoms with Gasteiger partial charge >= 0.3 is 0 Å². The molecule has 4 N–H and O–H groups in total. The van der Waals surface area contributed by atoms with Crippen molar-refractivity contribution in [3.63, 3.8) is 0 Å². The van der Waals surface area contributed by atoms with Crippen LogP contribution >= 0.6 is 0 Å². The van der Waals surface area contributed by atoms with Crippen molar-refractivity contribution in [2.24, 2.45) is 0 Å². The summed E-state index contributed by atoms with van der Waals surface area (Å²) in [7, 11) is 3.10. The molecular formula is C21H20N4O5. The number of benzene rings is 2. The summed E-state index contributed by atoms with van der Waals surface area (Å²) in [6.45, 7) is 1.38. The Labute approximate surface area is 171 Å². The van der Waals surface area contributed by atoms with E-state index in [0.29, 0.717) is 11.4 Å². The lowest BCUT2D eigenvalue weighted by atomic mass is 10.1. The van der Waals surface area contributed by atoms with Gasteiger partial charge < -0.3 is 26.0 Å². The molecule has 0 heterocycles. The van der Waals surface area contributed by atoms with E-state index in [4.69, 9.17) is 0 Å². The third kappa shape index (κ3) is 4.00. The van der Waals surface area contributed by atoms with Crippen molar-refractivity contribution < 1.29 is 14.7 Å². The topological polar surface area (TPSA) is 128 Å². The summed E-state index contributed by atoms with van der Waals surface area (Å²) >= 11 is 0. The Bertz CT molecular complexity index is 1210. The van der Waals surface area contributed by atoms with Crippen LogP contribution in [0.3, 0.4) is 0 Å².